The first kappa shape index (κ1) is 22.9. The van der Waals surface area contributed by atoms with E-state index in [1.54, 1.807) is 25.6 Å². The molecule has 0 bridgehead atoms. The van der Waals surface area contributed by atoms with Gasteiger partial charge >= 0.3 is 0 Å². The van der Waals surface area contributed by atoms with Crippen molar-refractivity contribution in [2.75, 3.05) is 50.1 Å². The topological polar surface area (TPSA) is 96.4 Å². The Hall–Kier alpha value is -3.89. The lowest BCUT2D eigenvalue weighted by Crippen LogP contribution is -2.48. The minimum absolute atomic E-state index is 0.119. The molecule has 1 aliphatic heterocycles. The van der Waals surface area contributed by atoms with E-state index in [1.807, 2.05) is 41.8 Å². The number of amides is 1. The molecule has 9 nitrogen and oxygen atoms in total. The molecule has 4 aromatic rings. The number of thiazole rings is 1. The van der Waals surface area contributed by atoms with Crippen LogP contribution in [0, 0.1) is 0 Å². The highest BCUT2D eigenvalue weighted by molar-refractivity contribution is 7.13. The molecule has 0 aliphatic carbocycles. The second-order valence-corrected chi connectivity index (χ2v) is 8.89. The van der Waals surface area contributed by atoms with Gasteiger partial charge in [-0.25, -0.2) is 15.0 Å². The third kappa shape index (κ3) is 5.44. The molecule has 1 amide bonds. The first-order valence-electron chi connectivity index (χ1n) is 11.3. The van der Waals surface area contributed by atoms with Crippen molar-refractivity contribution in [3.8, 4) is 28.0 Å². The first-order valence-corrected chi connectivity index (χ1v) is 12.2. The van der Waals surface area contributed by atoms with Gasteiger partial charge in [0.05, 0.1) is 19.3 Å². The normalized spacial score (nSPS) is 14.0. The standard InChI is InChI=1S/C25H25N7O2S/c1-34-21-8-3-2-7-20(21)32-13-11-31(12-14-32)17-23(33)29-22-16-19(25-27-10-15-35-25)28-24(30-22)18-6-4-5-9-26-18/h2-10,15-16H,11-14,17H2,1H3,(H,28,29,30,33). The number of anilines is 2. The molecule has 0 spiro atoms. The van der Waals surface area contributed by atoms with E-state index in [4.69, 9.17) is 4.74 Å². The number of rotatable bonds is 7. The van der Waals surface area contributed by atoms with Gasteiger partial charge in [0.2, 0.25) is 5.91 Å². The van der Waals surface area contributed by atoms with Crippen LogP contribution in [-0.4, -0.2) is 70.6 Å². The van der Waals surface area contributed by atoms with E-state index >= 15 is 0 Å². The fourth-order valence-electron chi connectivity index (χ4n) is 4.00. The van der Waals surface area contributed by atoms with Crippen LogP contribution in [0.2, 0.25) is 0 Å². The SMILES string of the molecule is COc1ccccc1N1CCN(CC(=O)Nc2cc(-c3nccs3)nc(-c3ccccn3)n2)CC1. The smallest absolute Gasteiger partial charge is 0.239 e. The van der Waals surface area contributed by atoms with Crippen molar-refractivity contribution in [1.29, 1.82) is 0 Å². The minimum Gasteiger partial charge on any atom is -0.495 e. The Bertz CT molecular complexity index is 1280. The van der Waals surface area contributed by atoms with E-state index in [0.29, 0.717) is 23.0 Å². The first-order chi connectivity index (χ1) is 17.2. The van der Waals surface area contributed by atoms with Crippen molar-refractivity contribution in [2.45, 2.75) is 0 Å². The van der Waals surface area contributed by atoms with Crippen LogP contribution in [0.25, 0.3) is 22.2 Å². The average Bonchev–Trinajstić information content (AvgIpc) is 3.45. The molecular formula is C25H25N7O2S. The molecular weight excluding hydrogens is 462 g/mol. The number of aromatic nitrogens is 4. The van der Waals surface area contributed by atoms with E-state index in [9.17, 15) is 4.79 Å². The van der Waals surface area contributed by atoms with Gasteiger partial charge < -0.3 is 15.0 Å². The number of nitrogens with one attached hydrogen (secondary N) is 1. The van der Waals surface area contributed by atoms with Crippen molar-refractivity contribution < 1.29 is 9.53 Å². The Labute approximate surface area is 207 Å². The number of hydrogen-bond acceptors (Lipinski definition) is 9. The summed E-state index contributed by atoms with van der Waals surface area (Å²) in [5, 5.41) is 5.59. The van der Waals surface area contributed by atoms with Gasteiger partial charge in [0.1, 0.15) is 28.0 Å². The van der Waals surface area contributed by atoms with Crippen molar-refractivity contribution in [1.82, 2.24) is 24.8 Å². The number of piperazine rings is 1. The molecule has 1 saturated heterocycles. The Balaban J connectivity index is 1.26. The van der Waals surface area contributed by atoms with E-state index in [1.165, 1.54) is 11.3 Å². The molecule has 178 valence electrons. The molecule has 1 aliphatic rings. The van der Waals surface area contributed by atoms with E-state index in [-0.39, 0.29) is 12.5 Å². The van der Waals surface area contributed by atoms with Crippen LogP contribution in [0.3, 0.4) is 0 Å². The molecule has 4 heterocycles. The summed E-state index contributed by atoms with van der Waals surface area (Å²) in [6.07, 6.45) is 3.42. The summed E-state index contributed by atoms with van der Waals surface area (Å²) in [6, 6.07) is 15.3. The maximum Gasteiger partial charge on any atom is 0.239 e. The number of methoxy groups -OCH3 is 1. The molecule has 0 unspecified atom stereocenters. The number of para-hydroxylation sites is 2. The van der Waals surface area contributed by atoms with Crippen molar-refractivity contribution in [3.63, 3.8) is 0 Å². The molecule has 3 aromatic heterocycles. The van der Waals surface area contributed by atoms with E-state index in [2.05, 4.69) is 41.1 Å². The van der Waals surface area contributed by atoms with Gasteiger partial charge in [0, 0.05) is 50.0 Å². The van der Waals surface area contributed by atoms with Crippen LogP contribution >= 0.6 is 11.3 Å². The van der Waals surface area contributed by atoms with E-state index < -0.39 is 0 Å². The number of benzene rings is 1. The van der Waals surface area contributed by atoms with E-state index in [0.717, 1.165) is 42.6 Å². The van der Waals surface area contributed by atoms with Crippen LogP contribution in [-0.2, 0) is 4.79 Å². The number of carbonyl (C=O) groups excluding carboxylic acids is 1. The summed E-state index contributed by atoms with van der Waals surface area (Å²) in [5.74, 6) is 1.62. The van der Waals surface area contributed by atoms with Crippen molar-refractivity contribution >= 4 is 28.7 Å². The lowest BCUT2D eigenvalue weighted by molar-refractivity contribution is -0.117. The Morgan fingerprint density at radius 2 is 1.83 bits per heavy atom. The predicted molar refractivity (Wildman–Crippen MR) is 137 cm³/mol. The lowest BCUT2D eigenvalue weighted by Gasteiger charge is -2.36. The summed E-state index contributed by atoms with van der Waals surface area (Å²) in [4.78, 5) is 35.2. The molecule has 0 radical (unpaired) electrons. The third-order valence-corrected chi connectivity index (χ3v) is 6.50. The number of carbonyl (C=O) groups is 1. The molecule has 1 aromatic carbocycles. The van der Waals surface area contributed by atoms with Gasteiger partial charge in [-0.2, -0.15) is 0 Å². The second kappa shape index (κ2) is 10.6. The Kier molecular flexibility index (Phi) is 6.92. The monoisotopic (exact) mass is 487 g/mol. The maximum absolute atomic E-state index is 12.9. The highest BCUT2D eigenvalue weighted by Crippen LogP contribution is 2.28. The molecule has 5 rings (SSSR count). The predicted octanol–water partition coefficient (Wildman–Crippen LogP) is 3.43. The maximum atomic E-state index is 12.9. The van der Waals surface area contributed by atoms with Gasteiger partial charge in [0.25, 0.3) is 0 Å². The van der Waals surface area contributed by atoms with Gasteiger partial charge in [-0.3, -0.25) is 14.7 Å². The Morgan fingerprint density at radius 3 is 2.57 bits per heavy atom. The zero-order valence-electron chi connectivity index (χ0n) is 19.3. The van der Waals surface area contributed by atoms with Gasteiger partial charge in [0.15, 0.2) is 5.82 Å². The highest BCUT2D eigenvalue weighted by Gasteiger charge is 2.21. The van der Waals surface area contributed by atoms with Crippen LogP contribution < -0.4 is 15.0 Å². The molecule has 0 atom stereocenters. The molecule has 1 N–H and O–H groups in total. The van der Waals surface area contributed by atoms with Crippen LogP contribution in [0.1, 0.15) is 0 Å². The summed E-state index contributed by atoms with van der Waals surface area (Å²) >= 11 is 1.48. The van der Waals surface area contributed by atoms with Crippen LogP contribution in [0.15, 0.2) is 66.3 Å². The number of pyridine rings is 1. The fourth-order valence-corrected chi connectivity index (χ4v) is 4.60. The van der Waals surface area contributed by atoms with Crippen molar-refractivity contribution in [2.24, 2.45) is 0 Å². The van der Waals surface area contributed by atoms with Crippen LogP contribution in [0.5, 0.6) is 5.75 Å². The summed E-state index contributed by atoms with van der Waals surface area (Å²) in [6.45, 7) is 3.48. The second-order valence-electron chi connectivity index (χ2n) is 8.00. The van der Waals surface area contributed by atoms with Crippen molar-refractivity contribution in [3.05, 3.63) is 66.3 Å². The quantitative estimate of drug-likeness (QED) is 0.424. The fraction of sp³-hybridized carbons (Fsp3) is 0.240. The number of ether oxygens (including phenoxy) is 1. The largest absolute Gasteiger partial charge is 0.495 e. The number of hydrogen-bond donors (Lipinski definition) is 1. The highest BCUT2D eigenvalue weighted by atomic mass is 32.1. The summed E-state index contributed by atoms with van der Waals surface area (Å²) in [7, 11) is 1.69. The summed E-state index contributed by atoms with van der Waals surface area (Å²) in [5.41, 5.74) is 2.36. The molecule has 0 saturated carbocycles. The summed E-state index contributed by atoms with van der Waals surface area (Å²) < 4.78 is 5.49. The third-order valence-electron chi connectivity index (χ3n) is 5.70. The Morgan fingerprint density at radius 1 is 1.00 bits per heavy atom. The van der Waals surface area contributed by atoms with Gasteiger partial charge in [-0.1, -0.05) is 18.2 Å². The molecule has 35 heavy (non-hydrogen) atoms. The zero-order valence-corrected chi connectivity index (χ0v) is 20.1. The minimum atomic E-state index is -0.119. The van der Waals surface area contributed by atoms with Gasteiger partial charge in [-0.15, -0.1) is 11.3 Å². The zero-order chi connectivity index (χ0) is 24.0. The lowest BCUT2D eigenvalue weighted by atomic mass is 10.2. The molecule has 10 heteroatoms. The molecule has 1 fully saturated rings. The number of nitrogens with zero attached hydrogens (tertiary/aromatic N) is 6. The van der Waals surface area contributed by atoms with Crippen LogP contribution in [0.4, 0.5) is 11.5 Å². The average molecular weight is 488 g/mol. The van der Waals surface area contributed by atoms with Gasteiger partial charge in [-0.05, 0) is 24.3 Å².